The number of rotatable bonds is 2. The summed E-state index contributed by atoms with van der Waals surface area (Å²) >= 11 is 0.380. The van der Waals surface area contributed by atoms with Crippen molar-refractivity contribution in [1.29, 1.82) is 0 Å². The molecule has 0 fully saturated rings. The van der Waals surface area contributed by atoms with E-state index in [9.17, 15) is 17.6 Å². The molecule has 0 aromatic carbocycles. The molecule has 0 radical (unpaired) electrons. The van der Waals surface area contributed by atoms with Crippen molar-refractivity contribution in [2.75, 3.05) is 5.75 Å². The van der Waals surface area contributed by atoms with Gasteiger partial charge in [-0.3, -0.25) is 0 Å². The zero-order valence-electron chi connectivity index (χ0n) is 4.28. The van der Waals surface area contributed by atoms with Gasteiger partial charge in [-0.15, -0.1) is 11.8 Å². The van der Waals surface area contributed by atoms with Gasteiger partial charge in [-0.1, -0.05) is 0 Å². The van der Waals surface area contributed by atoms with Crippen molar-refractivity contribution < 1.29 is 17.6 Å². The van der Waals surface area contributed by atoms with E-state index >= 15 is 0 Å². The average molecular weight is 160 g/mol. The molecule has 54 valence electrons. The van der Waals surface area contributed by atoms with Crippen LogP contribution in [0.3, 0.4) is 0 Å². The third-order valence-electron chi connectivity index (χ3n) is 0.395. The molecule has 0 rings (SSSR count). The van der Waals surface area contributed by atoms with Gasteiger partial charge in [0, 0.05) is 0 Å². The van der Waals surface area contributed by atoms with Crippen LogP contribution in [-0.4, -0.2) is 11.9 Å². The van der Waals surface area contributed by atoms with E-state index in [1.54, 1.807) is 0 Å². The van der Waals surface area contributed by atoms with Crippen molar-refractivity contribution >= 4 is 11.8 Å². The highest BCUT2D eigenvalue weighted by Crippen LogP contribution is 2.21. The van der Waals surface area contributed by atoms with Gasteiger partial charge in [0.2, 0.25) is 0 Å². The highest BCUT2D eigenvalue weighted by atomic mass is 32.2. The minimum Gasteiger partial charge on any atom is -0.215 e. The molecule has 0 aromatic rings. The SMILES string of the molecule is F/C=C/SCC(F)(F)F. The van der Waals surface area contributed by atoms with E-state index < -0.39 is 11.9 Å². The Bertz CT molecular complexity index is 95.2. The molecule has 0 nitrogen and oxygen atoms in total. The topological polar surface area (TPSA) is 0 Å². The molecule has 0 N–H and O–H groups in total. The van der Waals surface area contributed by atoms with Gasteiger partial charge in [-0.25, -0.2) is 4.39 Å². The molecule has 0 spiro atoms. The first-order chi connectivity index (χ1) is 4.06. The first-order valence-electron chi connectivity index (χ1n) is 2.00. The molecule has 0 bridgehead atoms. The number of hydrogen-bond acceptors (Lipinski definition) is 1. The second-order valence-electron chi connectivity index (χ2n) is 1.19. The number of halogens is 4. The number of alkyl halides is 3. The summed E-state index contributed by atoms with van der Waals surface area (Å²) < 4.78 is 44.6. The van der Waals surface area contributed by atoms with Gasteiger partial charge in [0.15, 0.2) is 0 Å². The van der Waals surface area contributed by atoms with Gasteiger partial charge in [0.05, 0.1) is 12.1 Å². The van der Waals surface area contributed by atoms with Crippen LogP contribution >= 0.6 is 11.8 Å². The lowest BCUT2D eigenvalue weighted by molar-refractivity contribution is -0.105. The molecule has 0 amide bonds. The zero-order chi connectivity index (χ0) is 7.33. The van der Waals surface area contributed by atoms with Crippen LogP contribution in [0.15, 0.2) is 11.7 Å². The maximum Gasteiger partial charge on any atom is 0.398 e. The van der Waals surface area contributed by atoms with E-state index in [0.717, 1.165) is 5.41 Å². The lowest BCUT2D eigenvalue weighted by Gasteiger charge is -2.00. The summed E-state index contributed by atoms with van der Waals surface area (Å²) in [5.74, 6) is -1.03. The molecular weight excluding hydrogens is 156 g/mol. The Morgan fingerprint density at radius 2 is 1.89 bits per heavy atom. The fourth-order valence-corrected chi connectivity index (χ4v) is 0.537. The van der Waals surface area contributed by atoms with Crippen LogP contribution in [0.5, 0.6) is 0 Å². The molecule has 0 saturated heterocycles. The summed E-state index contributed by atoms with van der Waals surface area (Å²) in [6.45, 7) is 0. The Morgan fingerprint density at radius 1 is 1.33 bits per heavy atom. The van der Waals surface area contributed by atoms with E-state index in [1.807, 2.05) is 0 Å². The summed E-state index contributed by atoms with van der Waals surface area (Å²) in [4.78, 5) is 0. The summed E-state index contributed by atoms with van der Waals surface area (Å²) in [6, 6.07) is 0. The van der Waals surface area contributed by atoms with Gasteiger partial charge in [-0.2, -0.15) is 13.2 Å². The molecule has 0 aromatic heterocycles. The zero-order valence-corrected chi connectivity index (χ0v) is 5.10. The molecular formula is C4H4F4S. The normalized spacial score (nSPS) is 12.9. The van der Waals surface area contributed by atoms with Crippen LogP contribution < -0.4 is 0 Å². The van der Waals surface area contributed by atoms with Crippen LogP contribution in [-0.2, 0) is 0 Å². The van der Waals surface area contributed by atoms with Crippen molar-refractivity contribution in [3.05, 3.63) is 11.7 Å². The molecule has 0 aliphatic rings. The molecule has 0 atom stereocenters. The van der Waals surface area contributed by atoms with E-state index in [-0.39, 0.29) is 6.33 Å². The molecule has 5 heteroatoms. The van der Waals surface area contributed by atoms with Gasteiger partial charge in [-0.05, 0) is 5.41 Å². The Morgan fingerprint density at radius 3 is 2.22 bits per heavy atom. The molecule has 0 aliphatic carbocycles. The van der Waals surface area contributed by atoms with Crippen molar-refractivity contribution in [3.8, 4) is 0 Å². The van der Waals surface area contributed by atoms with Gasteiger partial charge < -0.3 is 0 Å². The molecule has 0 heterocycles. The van der Waals surface area contributed by atoms with E-state index in [2.05, 4.69) is 0 Å². The van der Waals surface area contributed by atoms with E-state index in [4.69, 9.17) is 0 Å². The third kappa shape index (κ3) is 7.81. The summed E-state index contributed by atoms with van der Waals surface area (Å²) in [5.41, 5.74) is 0. The third-order valence-corrected chi connectivity index (χ3v) is 1.18. The lowest BCUT2D eigenvalue weighted by Crippen LogP contribution is -2.09. The van der Waals surface area contributed by atoms with Crippen molar-refractivity contribution in [3.63, 3.8) is 0 Å². The van der Waals surface area contributed by atoms with E-state index in [0.29, 0.717) is 11.8 Å². The van der Waals surface area contributed by atoms with Gasteiger partial charge in [0.1, 0.15) is 0 Å². The number of hydrogen-bond donors (Lipinski definition) is 0. The highest BCUT2D eigenvalue weighted by Gasteiger charge is 2.26. The average Bonchev–Trinajstić information content (AvgIpc) is 1.63. The van der Waals surface area contributed by atoms with Crippen LogP contribution in [0.25, 0.3) is 0 Å². The first kappa shape index (κ1) is 8.81. The van der Waals surface area contributed by atoms with Crippen LogP contribution in [0.2, 0.25) is 0 Å². The van der Waals surface area contributed by atoms with Crippen LogP contribution in [0.1, 0.15) is 0 Å². The highest BCUT2D eigenvalue weighted by molar-refractivity contribution is 8.02. The molecule has 9 heavy (non-hydrogen) atoms. The second-order valence-corrected chi connectivity index (χ2v) is 2.08. The minimum atomic E-state index is -4.20. The maximum absolute atomic E-state index is 11.2. The van der Waals surface area contributed by atoms with Gasteiger partial charge >= 0.3 is 6.18 Å². The Balaban J connectivity index is 3.28. The summed E-state index contributed by atoms with van der Waals surface area (Å²) in [7, 11) is 0. The predicted molar refractivity (Wildman–Crippen MR) is 28.8 cm³/mol. The summed E-state index contributed by atoms with van der Waals surface area (Å²) in [6.07, 6.45) is -4.12. The van der Waals surface area contributed by atoms with Crippen LogP contribution in [0, 0.1) is 0 Å². The first-order valence-corrected chi connectivity index (χ1v) is 3.05. The Hall–Kier alpha value is -0.190. The van der Waals surface area contributed by atoms with E-state index in [1.165, 1.54) is 0 Å². The quantitative estimate of drug-likeness (QED) is 0.559. The minimum absolute atomic E-state index is 0.0798. The molecule has 0 saturated carbocycles. The van der Waals surface area contributed by atoms with Gasteiger partial charge in [0.25, 0.3) is 0 Å². The Kier molecular flexibility index (Phi) is 3.68. The fourth-order valence-electron chi connectivity index (χ4n) is 0.179. The fraction of sp³-hybridized carbons (Fsp3) is 0.500. The Labute approximate surface area is 53.9 Å². The van der Waals surface area contributed by atoms with Crippen molar-refractivity contribution in [1.82, 2.24) is 0 Å². The molecule has 0 unspecified atom stereocenters. The summed E-state index contributed by atoms with van der Waals surface area (Å²) in [5, 5.41) is 0.757. The largest absolute Gasteiger partial charge is 0.398 e. The second kappa shape index (κ2) is 3.76. The maximum atomic E-state index is 11.2. The predicted octanol–water partition coefficient (Wildman–Crippen LogP) is 2.72. The van der Waals surface area contributed by atoms with Crippen molar-refractivity contribution in [2.24, 2.45) is 0 Å². The standard InChI is InChI=1S/C4H4F4S/c5-1-2-9-3-4(6,7)8/h1-2H,3H2/b2-1+. The molecule has 0 aliphatic heterocycles. The smallest absolute Gasteiger partial charge is 0.215 e. The van der Waals surface area contributed by atoms with Crippen LogP contribution in [0.4, 0.5) is 17.6 Å². The van der Waals surface area contributed by atoms with Crippen molar-refractivity contribution in [2.45, 2.75) is 6.18 Å². The lowest BCUT2D eigenvalue weighted by atomic mass is 10.8. The number of thioether (sulfide) groups is 1. The monoisotopic (exact) mass is 160 g/mol.